The molecule has 2 heterocycles. The summed E-state index contributed by atoms with van der Waals surface area (Å²) in [5.41, 5.74) is 1.63. The highest BCUT2D eigenvalue weighted by Gasteiger charge is 2.33. The van der Waals surface area contributed by atoms with E-state index in [1.165, 1.54) is 11.1 Å². The summed E-state index contributed by atoms with van der Waals surface area (Å²) in [6.45, 7) is 1.45. The van der Waals surface area contributed by atoms with E-state index in [2.05, 4.69) is 15.3 Å². The van der Waals surface area contributed by atoms with E-state index in [9.17, 15) is 14.4 Å². The molecule has 0 spiro atoms. The maximum Gasteiger partial charge on any atom is 0.255 e. The van der Waals surface area contributed by atoms with E-state index in [0.29, 0.717) is 16.6 Å². The van der Waals surface area contributed by atoms with Crippen molar-refractivity contribution in [3.63, 3.8) is 0 Å². The van der Waals surface area contributed by atoms with Gasteiger partial charge in [0.2, 0.25) is 11.8 Å². The van der Waals surface area contributed by atoms with Crippen molar-refractivity contribution in [3.8, 4) is 0 Å². The fourth-order valence-corrected chi connectivity index (χ4v) is 2.22. The summed E-state index contributed by atoms with van der Waals surface area (Å²) in [5, 5.41) is 2.20. The highest BCUT2D eigenvalue weighted by molar-refractivity contribution is 6.07. The van der Waals surface area contributed by atoms with Crippen LogP contribution < -0.4 is 5.32 Å². The van der Waals surface area contributed by atoms with Crippen molar-refractivity contribution in [2.45, 2.75) is 13.0 Å². The van der Waals surface area contributed by atoms with Gasteiger partial charge in [0.15, 0.2) is 0 Å². The molecule has 3 rings (SSSR count). The third-order valence-corrected chi connectivity index (χ3v) is 3.40. The first kappa shape index (κ1) is 13.2. The molecular formula is C14H12N4O3. The molecule has 1 aromatic heterocycles. The van der Waals surface area contributed by atoms with Gasteiger partial charge in [-0.2, -0.15) is 0 Å². The normalized spacial score (nSPS) is 18.7. The van der Waals surface area contributed by atoms with E-state index >= 15 is 0 Å². The summed E-state index contributed by atoms with van der Waals surface area (Å²) in [4.78, 5) is 45.0. The highest BCUT2D eigenvalue weighted by atomic mass is 16.2. The van der Waals surface area contributed by atoms with E-state index in [1.807, 2.05) is 0 Å². The number of hydrogen-bond acceptors (Lipinski definition) is 5. The van der Waals surface area contributed by atoms with Crippen molar-refractivity contribution in [3.05, 3.63) is 36.2 Å². The monoisotopic (exact) mass is 284 g/mol. The smallest absolute Gasteiger partial charge is 0.255 e. The second-order valence-electron chi connectivity index (χ2n) is 4.78. The number of carbonyl (C=O) groups is 3. The average Bonchev–Trinajstić information content (AvgIpc) is 2.49. The topological polar surface area (TPSA) is 92.3 Å². The predicted molar refractivity (Wildman–Crippen MR) is 73.2 cm³/mol. The van der Waals surface area contributed by atoms with Crippen LogP contribution in [0.5, 0.6) is 0 Å². The van der Waals surface area contributed by atoms with Crippen LogP contribution >= 0.6 is 0 Å². The number of nitrogens with one attached hydrogen (secondary N) is 1. The van der Waals surface area contributed by atoms with E-state index < -0.39 is 17.9 Å². The molecule has 1 atom stereocenters. The lowest BCUT2D eigenvalue weighted by atomic mass is 10.1. The van der Waals surface area contributed by atoms with E-state index in [-0.39, 0.29) is 12.5 Å². The minimum absolute atomic E-state index is 0.135. The van der Waals surface area contributed by atoms with Crippen molar-refractivity contribution in [2.75, 3.05) is 6.54 Å². The molecular weight excluding hydrogens is 272 g/mol. The van der Waals surface area contributed by atoms with Gasteiger partial charge in [-0.25, -0.2) is 0 Å². The molecule has 0 saturated carbocycles. The second kappa shape index (κ2) is 4.93. The Morgan fingerprint density at radius 1 is 1.24 bits per heavy atom. The Bertz CT molecular complexity index is 759. The maximum atomic E-state index is 12.5. The van der Waals surface area contributed by atoms with Gasteiger partial charge in [-0.1, -0.05) is 0 Å². The van der Waals surface area contributed by atoms with Crippen molar-refractivity contribution >= 4 is 28.8 Å². The summed E-state index contributed by atoms with van der Waals surface area (Å²) in [6, 6.07) is 4.22. The summed E-state index contributed by atoms with van der Waals surface area (Å²) in [5.74, 6) is -1.33. The molecule has 106 valence electrons. The molecule has 1 N–H and O–H groups in total. The summed E-state index contributed by atoms with van der Waals surface area (Å²) < 4.78 is 0. The molecule has 1 aromatic carbocycles. The molecule has 1 aliphatic heterocycles. The number of hydrogen-bond donors (Lipinski definition) is 1. The Morgan fingerprint density at radius 2 is 1.95 bits per heavy atom. The molecule has 1 fully saturated rings. The quantitative estimate of drug-likeness (QED) is 0.751. The molecule has 2 aromatic rings. The number of piperazine rings is 1. The summed E-state index contributed by atoms with van der Waals surface area (Å²) in [6.07, 6.45) is 3.11. The van der Waals surface area contributed by atoms with Crippen LogP contribution in [0.3, 0.4) is 0 Å². The van der Waals surface area contributed by atoms with E-state index in [1.54, 1.807) is 31.3 Å². The highest BCUT2D eigenvalue weighted by Crippen LogP contribution is 2.15. The zero-order chi connectivity index (χ0) is 15.0. The van der Waals surface area contributed by atoms with Gasteiger partial charge in [0.1, 0.15) is 12.6 Å². The largest absolute Gasteiger partial charge is 0.318 e. The van der Waals surface area contributed by atoms with Gasteiger partial charge in [-0.15, -0.1) is 0 Å². The van der Waals surface area contributed by atoms with Gasteiger partial charge in [-0.3, -0.25) is 29.7 Å². The lowest BCUT2D eigenvalue weighted by Crippen LogP contribution is -2.58. The van der Waals surface area contributed by atoms with E-state index in [0.717, 1.165) is 0 Å². The summed E-state index contributed by atoms with van der Waals surface area (Å²) >= 11 is 0. The minimum atomic E-state index is -0.687. The Labute approximate surface area is 120 Å². The molecule has 1 unspecified atom stereocenters. The lowest BCUT2D eigenvalue weighted by molar-refractivity contribution is -0.138. The molecule has 7 nitrogen and oxygen atoms in total. The number of aromatic nitrogens is 2. The molecule has 0 radical (unpaired) electrons. The van der Waals surface area contributed by atoms with Crippen molar-refractivity contribution in [1.82, 2.24) is 20.2 Å². The fourth-order valence-electron chi connectivity index (χ4n) is 2.22. The van der Waals surface area contributed by atoms with Crippen LogP contribution in [0.15, 0.2) is 30.6 Å². The molecule has 7 heteroatoms. The Morgan fingerprint density at radius 3 is 2.71 bits per heavy atom. The van der Waals surface area contributed by atoms with Gasteiger partial charge < -0.3 is 4.90 Å². The fraction of sp³-hybridized carbons (Fsp3) is 0.214. The number of fused-ring (bicyclic) bond motifs is 1. The van der Waals surface area contributed by atoms with Gasteiger partial charge in [0.25, 0.3) is 5.91 Å². The summed E-state index contributed by atoms with van der Waals surface area (Å²) in [7, 11) is 0. The number of rotatable bonds is 1. The molecule has 0 bridgehead atoms. The van der Waals surface area contributed by atoms with Crippen LogP contribution in [0.25, 0.3) is 11.0 Å². The molecule has 0 aliphatic carbocycles. The van der Waals surface area contributed by atoms with Crippen LogP contribution in [-0.2, 0) is 9.59 Å². The molecule has 1 aliphatic rings. The van der Waals surface area contributed by atoms with Gasteiger partial charge in [-0.05, 0) is 25.1 Å². The van der Waals surface area contributed by atoms with Crippen molar-refractivity contribution in [1.29, 1.82) is 0 Å². The number of amides is 3. The zero-order valence-electron chi connectivity index (χ0n) is 11.2. The van der Waals surface area contributed by atoms with E-state index in [4.69, 9.17) is 0 Å². The Balaban J connectivity index is 1.95. The first-order chi connectivity index (χ1) is 10.1. The number of imide groups is 1. The SMILES string of the molecule is CC1C(=O)NC(=O)CN1C(=O)c1ccc2nccnc2c1. The average molecular weight is 284 g/mol. The first-order valence-electron chi connectivity index (χ1n) is 6.41. The van der Waals surface area contributed by atoms with Crippen molar-refractivity contribution < 1.29 is 14.4 Å². The Hall–Kier alpha value is -2.83. The van der Waals surface area contributed by atoms with Crippen molar-refractivity contribution in [2.24, 2.45) is 0 Å². The van der Waals surface area contributed by atoms with Gasteiger partial charge >= 0.3 is 0 Å². The second-order valence-corrected chi connectivity index (χ2v) is 4.78. The van der Waals surface area contributed by atoms with Crippen LogP contribution in [0, 0.1) is 0 Å². The maximum absolute atomic E-state index is 12.5. The third kappa shape index (κ3) is 2.33. The van der Waals surface area contributed by atoms with Gasteiger partial charge in [0, 0.05) is 18.0 Å². The molecule has 21 heavy (non-hydrogen) atoms. The first-order valence-corrected chi connectivity index (χ1v) is 6.41. The Kier molecular flexibility index (Phi) is 3.09. The molecule has 3 amide bonds. The van der Waals surface area contributed by atoms with Crippen LogP contribution in [0.4, 0.5) is 0 Å². The van der Waals surface area contributed by atoms with Gasteiger partial charge in [0.05, 0.1) is 11.0 Å². The standard InChI is InChI=1S/C14H12N4O3/c1-8-13(20)17-12(19)7-18(8)14(21)9-2-3-10-11(6-9)16-5-4-15-10/h2-6,8H,7H2,1H3,(H,17,19,20). The molecule has 1 saturated heterocycles. The third-order valence-electron chi connectivity index (χ3n) is 3.40. The predicted octanol–water partition coefficient (Wildman–Crippen LogP) is 0.117. The number of benzene rings is 1. The van der Waals surface area contributed by atoms with Crippen LogP contribution in [0.1, 0.15) is 17.3 Å². The lowest BCUT2D eigenvalue weighted by Gasteiger charge is -2.31. The van der Waals surface area contributed by atoms with Crippen LogP contribution in [-0.4, -0.2) is 45.2 Å². The zero-order valence-corrected chi connectivity index (χ0v) is 11.2. The number of nitrogens with zero attached hydrogens (tertiary/aromatic N) is 3. The number of carbonyl (C=O) groups excluding carboxylic acids is 3. The minimum Gasteiger partial charge on any atom is -0.318 e. The van der Waals surface area contributed by atoms with Crippen LogP contribution in [0.2, 0.25) is 0 Å².